The third-order valence-corrected chi connectivity index (χ3v) is 5.57. The maximum Gasteiger partial charge on any atom is 0.312 e. The molecule has 2 rings (SSSR count). The summed E-state index contributed by atoms with van der Waals surface area (Å²) in [6.07, 6.45) is 7.83. The van der Waals surface area contributed by atoms with Gasteiger partial charge in [-0.15, -0.1) is 0 Å². The van der Waals surface area contributed by atoms with Crippen LogP contribution in [0.25, 0.3) is 0 Å². The van der Waals surface area contributed by atoms with Gasteiger partial charge in [0.05, 0.1) is 5.41 Å². The molecule has 0 spiro atoms. The molecule has 1 aliphatic carbocycles. The fourth-order valence-corrected chi connectivity index (χ4v) is 4.17. The summed E-state index contributed by atoms with van der Waals surface area (Å²) in [7, 11) is 0. The van der Waals surface area contributed by atoms with Crippen LogP contribution >= 0.6 is 0 Å². The molecule has 0 aromatic heterocycles. The lowest BCUT2D eigenvalue weighted by molar-refractivity contribution is -0.168. The summed E-state index contributed by atoms with van der Waals surface area (Å²) in [5.41, 5.74) is -0.849. The zero-order valence-electron chi connectivity index (χ0n) is 16.2. The molecule has 5 nitrogen and oxygen atoms in total. The average Bonchev–Trinajstić information content (AvgIpc) is 3.03. The molecular formula is C20H35NO4. The molecule has 144 valence electrons. The van der Waals surface area contributed by atoms with Crippen LogP contribution in [-0.2, 0) is 14.3 Å². The van der Waals surface area contributed by atoms with Crippen LogP contribution in [0.3, 0.4) is 0 Å². The first-order valence-electron chi connectivity index (χ1n) is 9.88. The average molecular weight is 354 g/mol. The van der Waals surface area contributed by atoms with Gasteiger partial charge in [-0.2, -0.15) is 0 Å². The Bertz CT molecular complexity index is 463. The van der Waals surface area contributed by atoms with E-state index in [0.29, 0.717) is 13.0 Å². The van der Waals surface area contributed by atoms with Gasteiger partial charge in [-0.25, -0.2) is 0 Å². The summed E-state index contributed by atoms with van der Waals surface area (Å²) in [4.78, 5) is 27.0. The van der Waals surface area contributed by atoms with Crippen molar-refractivity contribution in [3.8, 4) is 0 Å². The smallest absolute Gasteiger partial charge is 0.312 e. The molecule has 1 saturated carbocycles. The van der Waals surface area contributed by atoms with E-state index in [0.717, 1.165) is 57.9 Å². The molecule has 1 N–H and O–H groups in total. The van der Waals surface area contributed by atoms with Crippen LogP contribution in [0.15, 0.2) is 0 Å². The van der Waals surface area contributed by atoms with E-state index < -0.39 is 5.60 Å². The lowest BCUT2D eigenvalue weighted by Crippen LogP contribution is -2.41. The Kier molecular flexibility index (Phi) is 6.89. The van der Waals surface area contributed by atoms with Crippen molar-refractivity contribution in [2.45, 2.75) is 84.2 Å². The van der Waals surface area contributed by atoms with Crippen LogP contribution in [0, 0.1) is 11.3 Å². The molecule has 0 unspecified atom stereocenters. The fraction of sp³-hybridized carbons (Fsp3) is 0.900. The van der Waals surface area contributed by atoms with Crippen molar-refractivity contribution in [1.29, 1.82) is 0 Å². The van der Waals surface area contributed by atoms with E-state index in [2.05, 4.69) is 0 Å². The van der Waals surface area contributed by atoms with Crippen LogP contribution in [-0.4, -0.2) is 47.2 Å². The number of ether oxygens (including phenoxy) is 1. The zero-order chi connectivity index (χ0) is 18.5. The molecule has 2 aliphatic rings. The van der Waals surface area contributed by atoms with E-state index in [4.69, 9.17) is 4.74 Å². The number of aliphatic hydroxyl groups excluding tert-OH is 1. The lowest BCUT2D eigenvalue weighted by atomic mass is 9.81. The molecule has 0 aromatic rings. The van der Waals surface area contributed by atoms with Gasteiger partial charge in [0.15, 0.2) is 0 Å². The van der Waals surface area contributed by atoms with Crippen LogP contribution in [0.2, 0.25) is 0 Å². The SMILES string of the molecule is CC(C)(C)OC(=O)C1(CCCC(=O)N2CCC[C@@H](CO)C2)CCCC1. The largest absolute Gasteiger partial charge is 0.460 e. The minimum Gasteiger partial charge on any atom is -0.460 e. The Morgan fingerprint density at radius 3 is 2.48 bits per heavy atom. The van der Waals surface area contributed by atoms with E-state index in [1.165, 1.54) is 0 Å². The Labute approximate surface area is 152 Å². The van der Waals surface area contributed by atoms with E-state index in [-0.39, 0.29) is 29.8 Å². The fourth-order valence-electron chi connectivity index (χ4n) is 4.17. The van der Waals surface area contributed by atoms with E-state index >= 15 is 0 Å². The Hall–Kier alpha value is -1.10. The van der Waals surface area contributed by atoms with Gasteiger partial charge in [0.2, 0.25) is 5.91 Å². The van der Waals surface area contributed by atoms with Crippen LogP contribution in [0.4, 0.5) is 0 Å². The first-order valence-corrected chi connectivity index (χ1v) is 9.88. The molecule has 1 atom stereocenters. The minimum absolute atomic E-state index is 0.0803. The first-order chi connectivity index (χ1) is 11.8. The van der Waals surface area contributed by atoms with Gasteiger partial charge in [0, 0.05) is 26.1 Å². The predicted octanol–water partition coefficient (Wildman–Crippen LogP) is 3.29. The molecule has 0 radical (unpaired) electrons. The second-order valence-corrected chi connectivity index (χ2v) is 8.87. The number of esters is 1. The first kappa shape index (κ1) is 20.2. The standard InChI is InChI=1S/C20H35NO4/c1-19(2,3)25-18(24)20(10-4-5-11-20)12-6-9-17(23)21-13-7-8-16(14-21)15-22/h16,22H,4-15H2,1-3H3/t16-/m1/s1. The van der Waals surface area contributed by atoms with Crippen molar-refractivity contribution in [2.24, 2.45) is 11.3 Å². The molecule has 1 aliphatic heterocycles. The Balaban J connectivity index is 1.85. The highest BCUT2D eigenvalue weighted by molar-refractivity contribution is 5.78. The summed E-state index contributed by atoms with van der Waals surface area (Å²) in [6, 6.07) is 0. The monoisotopic (exact) mass is 353 g/mol. The predicted molar refractivity (Wildman–Crippen MR) is 97.0 cm³/mol. The maximum atomic E-state index is 12.7. The molecule has 25 heavy (non-hydrogen) atoms. The molecule has 0 aromatic carbocycles. The van der Waals surface area contributed by atoms with Gasteiger partial charge in [-0.1, -0.05) is 12.8 Å². The van der Waals surface area contributed by atoms with Crippen LogP contribution < -0.4 is 0 Å². The number of likely N-dealkylation sites (tertiary alicyclic amines) is 1. The highest BCUT2D eigenvalue weighted by Gasteiger charge is 2.43. The van der Waals surface area contributed by atoms with Crippen molar-refractivity contribution >= 4 is 11.9 Å². The quantitative estimate of drug-likeness (QED) is 0.744. The van der Waals surface area contributed by atoms with Crippen LogP contribution in [0.1, 0.15) is 78.6 Å². The van der Waals surface area contributed by atoms with Gasteiger partial charge in [-0.3, -0.25) is 9.59 Å². The Morgan fingerprint density at radius 1 is 1.20 bits per heavy atom. The number of aliphatic hydroxyl groups is 1. The highest BCUT2D eigenvalue weighted by Crippen LogP contribution is 2.44. The highest BCUT2D eigenvalue weighted by atomic mass is 16.6. The van der Waals surface area contributed by atoms with Gasteiger partial charge in [0.1, 0.15) is 5.60 Å². The van der Waals surface area contributed by atoms with Gasteiger partial charge in [0.25, 0.3) is 0 Å². The summed E-state index contributed by atoms with van der Waals surface area (Å²) in [5, 5.41) is 9.31. The number of carbonyl (C=O) groups is 2. The van der Waals surface area contributed by atoms with Gasteiger partial charge in [-0.05, 0) is 65.2 Å². The summed E-state index contributed by atoms with van der Waals surface area (Å²) >= 11 is 0. The number of amides is 1. The third-order valence-electron chi connectivity index (χ3n) is 5.57. The number of nitrogens with zero attached hydrogens (tertiary/aromatic N) is 1. The van der Waals surface area contributed by atoms with Crippen molar-refractivity contribution in [3.05, 3.63) is 0 Å². The van der Waals surface area contributed by atoms with Crippen molar-refractivity contribution in [1.82, 2.24) is 4.90 Å². The van der Waals surface area contributed by atoms with Gasteiger partial charge < -0.3 is 14.7 Å². The normalized spacial score (nSPS) is 23.5. The van der Waals surface area contributed by atoms with E-state index in [9.17, 15) is 14.7 Å². The maximum absolute atomic E-state index is 12.7. The molecule has 2 fully saturated rings. The van der Waals surface area contributed by atoms with Gasteiger partial charge >= 0.3 is 5.97 Å². The molecule has 1 heterocycles. The third kappa shape index (κ3) is 5.70. The minimum atomic E-state index is -0.463. The molecule has 1 amide bonds. The van der Waals surface area contributed by atoms with Crippen LogP contribution in [0.5, 0.6) is 0 Å². The molecule has 1 saturated heterocycles. The second kappa shape index (κ2) is 8.52. The number of carbonyl (C=O) groups excluding carboxylic acids is 2. The lowest BCUT2D eigenvalue weighted by Gasteiger charge is -2.33. The number of hydrogen-bond acceptors (Lipinski definition) is 4. The zero-order valence-corrected chi connectivity index (χ0v) is 16.2. The van der Waals surface area contributed by atoms with Crippen molar-refractivity contribution in [2.75, 3.05) is 19.7 Å². The molecule has 5 heteroatoms. The summed E-state index contributed by atoms with van der Waals surface area (Å²) < 4.78 is 5.67. The Morgan fingerprint density at radius 2 is 1.88 bits per heavy atom. The number of piperidine rings is 1. The summed E-state index contributed by atoms with van der Waals surface area (Å²) in [5.74, 6) is 0.305. The summed E-state index contributed by atoms with van der Waals surface area (Å²) in [6.45, 7) is 7.35. The van der Waals surface area contributed by atoms with E-state index in [1.807, 2.05) is 25.7 Å². The number of hydrogen-bond donors (Lipinski definition) is 1. The topological polar surface area (TPSA) is 66.8 Å². The molecular weight excluding hydrogens is 318 g/mol. The number of rotatable bonds is 6. The second-order valence-electron chi connectivity index (χ2n) is 8.87. The van der Waals surface area contributed by atoms with Crippen molar-refractivity contribution in [3.63, 3.8) is 0 Å². The molecule has 0 bridgehead atoms. The van der Waals surface area contributed by atoms with Crippen molar-refractivity contribution < 1.29 is 19.4 Å². The van der Waals surface area contributed by atoms with E-state index in [1.54, 1.807) is 0 Å².